The van der Waals surface area contributed by atoms with Crippen LogP contribution in [0.3, 0.4) is 0 Å². The highest BCUT2D eigenvalue weighted by Gasteiger charge is 2.19. The van der Waals surface area contributed by atoms with E-state index in [1.54, 1.807) is 0 Å². The fraction of sp³-hybridized carbons (Fsp3) is 0.0500. The molecule has 7 rings (SSSR count). The molecule has 2 nitrogen and oxygen atoms in total. The fourth-order valence-corrected chi connectivity index (χ4v) is 5.68. The van der Waals surface area contributed by atoms with Gasteiger partial charge in [0.05, 0.1) is 12.1 Å². The van der Waals surface area contributed by atoms with E-state index in [2.05, 4.69) is 168 Å². The van der Waals surface area contributed by atoms with Crippen LogP contribution < -0.4 is 10.6 Å². The van der Waals surface area contributed by atoms with Gasteiger partial charge in [-0.3, -0.25) is 0 Å². The van der Waals surface area contributed by atoms with E-state index in [0.29, 0.717) is 0 Å². The maximum Gasteiger partial charge on any atom is 0.0707 e. The first kappa shape index (κ1) is 25.6. The lowest BCUT2D eigenvalue weighted by Gasteiger charge is -2.26. The molecule has 2 atom stereocenters. The standard InChI is InChI=1S/C40H32N2/c1-3-9-29(10-4-1)31-14-16-33(17-15-31)37-27-39(35-20-18-32(19-21-35)30-11-5-2-6-12-30)42-40(28-37)36-24-22-34(23-25-36)38-13-7-8-26-41-38/h1-28,38,40-42H. The Labute approximate surface area is 248 Å². The lowest BCUT2D eigenvalue weighted by molar-refractivity contribution is 0.739. The number of allylic oxidation sites excluding steroid dienone is 4. The highest BCUT2D eigenvalue weighted by atomic mass is 14.9. The zero-order chi connectivity index (χ0) is 28.1. The molecule has 0 fully saturated rings. The second-order valence-corrected chi connectivity index (χ2v) is 10.7. The van der Waals surface area contributed by atoms with Crippen LogP contribution in [0.25, 0.3) is 33.5 Å². The van der Waals surface area contributed by atoms with Crippen LogP contribution in [-0.2, 0) is 0 Å². The Morgan fingerprint density at radius 1 is 0.429 bits per heavy atom. The number of hydrogen-bond acceptors (Lipinski definition) is 2. The van der Waals surface area contributed by atoms with E-state index >= 15 is 0 Å². The average molecular weight is 541 g/mol. The Hall–Kier alpha value is -5.34. The summed E-state index contributed by atoms with van der Waals surface area (Å²) in [6, 6.07) is 48.1. The summed E-state index contributed by atoms with van der Waals surface area (Å²) < 4.78 is 0. The van der Waals surface area contributed by atoms with Crippen molar-refractivity contribution in [1.82, 2.24) is 10.6 Å². The molecule has 2 N–H and O–H groups in total. The molecule has 2 heteroatoms. The number of rotatable bonds is 6. The first-order valence-corrected chi connectivity index (χ1v) is 14.5. The van der Waals surface area contributed by atoms with Gasteiger partial charge in [-0.1, -0.05) is 146 Å². The molecule has 0 saturated heterocycles. The molecule has 2 aliphatic heterocycles. The third-order valence-electron chi connectivity index (χ3n) is 8.03. The second kappa shape index (κ2) is 11.6. The third-order valence-corrected chi connectivity index (χ3v) is 8.03. The topological polar surface area (TPSA) is 24.1 Å². The summed E-state index contributed by atoms with van der Waals surface area (Å²) in [4.78, 5) is 0. The van der Waals surface area contributed by atoms with Crippen molar-refractivity contribution < 1.29 is 0 Å². The van der Waals surface area contributed by atoms with Crippen LogP contribution in [0.5, 0.6) is 0 Å². The van der Waals surface area contributed by atoms with Crippen molar-refractivity contribution in [2.45, 2.75) is 12.1 Å². The third kappa shape index (κ3) is 5.48. The van der Waals surface area contributed by atoms with Crippen LogP contribution in [0.4, 0.5) is 0 Å². The fourth-order valence-electron chi connectivity index (χ4n) is 5.68. The molecule has 0 saturated carbocycles. The first-order valence-electron chi connectivity index (χ1n) is 14.5. The molecule has 202 valence electrons. The predicted octanol–water partition coefficient (Wildman–Crippen LogP) is 9.50. The van der Waals surface area contributed by atoms with Gasteiger partial charge in [-0.05, 0) is 74.5 Å². The minimum Gasteiger partial charge on any atom is -0.381 e. The molecular formula is C40H32N2. The molecule has 0 spiro atoms. The molecule has 0 bridgehead atoms. The van der Waals surface area contributed by atoms with Gasteiger partial charge in [0, 0.05) is 5.70 Å². The van der Waals surface area contributed by atoms with Crippen molar-refractivity contribution in [1.29, 1.82) is 0 Å². The van der Waals surface area contributed by atoms with Gasteiger partial charge in [-0.15, -0.1) is 0 Å². The maximum atomic E-state index is 3.83. The number of nitrogens with one attached hydrogen (secondary N) is 2. The van der Waals surface area contributed by atoms with Gasteiger partial charge in [-0.2, -0.15) is 0 Å². The Morgan fingerprint density at radius 3 is 1.48 bits per heavy atom. The van der Waals surface area contributed by atoms with Gasteiger partial charge < -0.3 is 10.6 Å². The van der Waals surface area contributed by atoms with Crippen molar-refractivity contribution in [3.8, 4) is 22.3 Å². The van der Waals surface area contributed by atoms with E-state index in [-0.39, 0.29) is 12.1 Å². The minimum atomic E-state index is 0.0476. The van der Waals surface area contributed by atoms with Crippen molar-refractivity contribution >= 4 is 11.3 Å². The zero-order valence-corrected chi connectivity index (χ0v) is 23.3. The first-order chi connectivity index (χ1) is 20.8. The van der Waals surface area contributed by atoms with E-state index in [0.717, 1.165) is 5.70 Å². The monoisotopic (exact) mass is 540 g/mol. The number of benzene rings is 5. The molecule has 2 unspecified atom stereocenters. The Morgan fingerprint density at radius 2 is 0.929 bits per heavy atom. The van der Waals surface area contributed by atoms with E-state index < -0.39 is 0 Å². The van der Waals surface area contributed by atoms with Crippen molar-refractivity contribution in [2.24, 2.45) is 0 Å². The van der Waals surface area contributed by atoms with Gasteiger partial charge in [0.2, 0.25) is 0 Å². The lowest BCUT2D eigenvalue weighted by Crippen LogP contribution is -2.22. The van der Waals surface area contributed by atoms with E-state index in [4.69, 9.17) is 0 Å². The van der Waals surface area contributed by atoms with E-state index in [9.17, 15) is 0 Å². The van der Waals surface area contributed by atoms with Crippen LogP contribution in [0, 0.1) is 0 Å². The van der Waals surface area contributed by atoms with Crippen LogP contribution in [0.2, 0.25) is 0 Å². The smallest absolute Gasteiger partial charge is 0.0707 e. The molecule has 0 amide bonds. The maximum absolute atomic E-state index is 3.83. The summed E-state index contributed by atoms with van der Waals surface area (Å²) in [5.74, 6) is 0. The molecule has 0 aliphatic carbocycles. The molecule has 5 aromatic carbocycles. The predicted molar refractivity (Wildman–Crippen MR) is 176 cm³/mol. The largest absolute Gasteiger partial charge is 0.381 e. The van der Waals surface area contributed by atoms with Gasteiger partial charge in [0.25, 0.3) is 0 Å². The number of hydrogen-bond donors (Lipinski definition) is 2. The Kier molecular flexibility index (Phi) is 7.10. The molecule has 5 aromatic rings. The molecule has 2 heterocycles. The molecular weight excluding hydrogens is 508 g/mol. The highest BCUT2D eigenvalue weighted by molar-refractivity contribution is 5.87. The summed E-state index contributed by atoms with van der Waals surface area (Å²) in [7, 11) is 0. The van der Waals surface area contributed by atoms with E-state index in [1.807, 2.05) is 12.3 Å². The Bertz CT molecular complexity index is 1770. The van der Waals surface area contributed by atoms with Gasteiger partial charge >= 0.3 is 0 Å². The number of dihydropyridines is 2. The summed E-state index contributed by atoms with van der Waals surface area (Å²) in [6.07, 6.45) is 12.9. The quantitative estimate of drug-likeness (QED) is 0.224. The van der Waals surface area contributed by atoms with Crippen LogP contribution in [0.15, 0.2) is 170 Å². The minimum absolute atomic E-state index is 0.0476. The lowest BCUT2D eigenvalue weighted by atomic mass is 9.91. The summed E-state index contributed by atoms with van der Waals surface area (Å²) >= 11 is 0. The summed E-state index contributed by atoms with van der Waals surface area (Å²) in [6.45, 7) is 0. The molecule has 0 radical (unpaired) electrons. The van der Waals surface area contributed by atoms with Crippen molar-refractivity contribution in [3.63, 3.8) is 0 Å². The second-order valence-electron chi connectivity index (χ2n) is 10.7. The van der Waals surface area contributed by atoms with Gasteiger partial charge in [0.15, 0.2) is 0 Å². The molecule has 0 aromatic heterocycles. The summed E-state index contributed by atoms with van der Waals surface area (Å²) in [5.41, 5.74) is 12.1. The molecule has 42 heavy (non-hydrogen) atoms. The summed E-state index contributed by atoms with van der Waals surface area (Å²) in [5, 5.41) is 7.25. The Balaban J connectivity index is 1.22. The highest BCUT2D eigenvalue weighted by Crippen LogP contribution is 2.34. The van der Waals surface area contributed by atoms with E-state index in [1.165, 1.54) is 50.1 Å². The van der Waals surface area contributed by atoms with Crippen molar-refractivity contribution in [3.05, 3.63) is 192 Å². The van der Waals surface area contributed by atoms with Gasteiger partial charge in [-0.25, -0.2) is 0 Å². The van der Waals surface area contributed by atoms with Crippen molar-refractivity contribution in [2.75, 3.05) is 0 Å². The molecule has 2 aliphatic rings. The van der Waals surface area contributed by atoms with Crippen LogP contribution >= 0.6 is 0 Å². The zero-order valence-electron chi connectivity index (χ0n) is 23.3. The normalized spacial score (nSPS) is 17.5. The van der Waals surface area contributed by atoms with Crippen LogP contribution in [0.1, 0.15) is 34.3 Å². The van der Waals surface area contributed by atoms with Crippen LogP contribution in [-0.4, -0.2) is 0 Å². The average Bonchev–Trinajstić information content (AvgIpc) is 3.09. The SMILES string of the molecule is C1=CNC(c2ccc(C3C=C(c4ccc(-c5ccccc5)cc4)C=C(c4ccc(-c5ccccc5)cc4)N3)cc2)C=C1. The van der Waals surface area contributed by atoms with Gasteiger partial charge in [0.1, 0.15) is 0 Å².